The summed E-state index contributed by atoms with van der Waals surface area (Å²) in [6, 6.07) is 19.2. The molecule has 11 heteroatoms. The number of carbonyl (C=O) groups is 4. The summed E-state index contributed by atoms with van der Waals surface area (Å²) in [7, 11) is 0. The third-order valence-corrected chi connectivity index (χ3v) is 16.8. The van der Waals surface area contributed by atoms with E-state index in [0.29, 0.717) is 45.5 Å². The van der Waals surface area contributed by atoms with Gasteiger partial charge in [0.25, 0.3) is 0 Å². The van der Waals surface area contributed by atoms with Crippen LogP contribution in [0.15, 0.2) is 76.9 Å². The van der Waals surface area contributed by atoms with Crippen LogP contribution in [0.3, 0.4) is 0 Å². The molecule has 1 aliphatic heterocycles. The van der Waals surface area contributed by atoms with Crippen LogP contribution in [0.1, 0.15) is 172 Å². The zero-order chi connectivity index (χ0) is 54.3. The van der Waals surface area contributed by atoms with Crippen LogP contribution >= 0.6 is 11.8 Å². The van der Waals surface area contributed by atoms with Gasteiger partial charge in [0, 0.05) is 40.2 Å². The lowest BCUT2D eigenvalue weighted by molar-refractivity contribution is -0.164. The maximum absolute atomic E-state index is 15.6. The number of hydrogen-bond donors (Lipinski definition) is 3. The van der Waals surface area contributed by atoms with Crippen molar-refractivity contribution >= 4 is 58.8 Å². The number of aliphatic imine (C=N–C) groups is 1. The number of benzene rings is 2. The monoisotopic (exact) mass is 1020 g/mol. The number of hydrogen-bond acceptors (Lipinski definition) is 8. The lowest BCUT2D eigenvalue weighted by Gasteiger charge is -2.50. The van der Waals surface area contributed by atoms with Crippen molar-refractivity contribution in [3.05, 3.63) is 88.8 Å². The normalized spacial score (nSPS) is 25.2. The first kappa shape index (κ1) is 57.4. The highest BCUT2D eigenvalue weighted by Crippen LogP contribution is 2.52. The number of amides is 2. The molecule has 2 fully saturated rings. The predicted molar refractivity (Wildman–Crippen MR) is 302 cm³/mol. The van der Waals surface area contributed by atoms with Crippen molar-refractivity contribution < 1.29 is 28.7 Å². The summed E-state index contributed by atoms with van der Waals surface area (Å²) < 4.78 is 13.9. The van der Waals surface area contributed by atoms with Crippen LogP contribution < -0.4 is 10.6 Å². The Balaban J connectivity index is 1.65. The topological polar surface area (TPSA) is 139 Å². The minimum absolute atomic E-state index is 0.0634. The highest BCUT2D eigenvalue weighted by Gasteiger charge is 2.51. The molecular weight excluding hydrogens is 929 g/mol. The largest absolute Gasteiger partial charge is 0.458 e. The van der Waals surface area contributed by atoms with Crippen molar-refractivity contribution in [1.29, 1.82) is 0 Å². The molecule has 3 N–H and O–H groups in total. The van der Waals surface area contributed by atoms with Crippen LogP contribution in [0.2, 0.25) is 0 Å². The second-order valence-corrected chi connectivity index (χ2v) is 28.2. The molecule has 3 aliphatic rings. The van der Waals surface area contributed by atoms with Gasteiger partial charge in [0.1, 0.15) is 35.0 Å². The van der Waals surface area contributed by atoms with Crippen molar-refractivity contribution in [1.82, 2.24) is 10.3 Å². The third kappa shape index (κ3) is 13.1. The maximum Gasteiger partial charge on any atom is 0.342 e. The first-order chi connectivity index (χ1) is 33.7. The molecule has 3 aromatic rings. The Bertz CT molecular complexity index is 2540. The van der Waals surface area contributed by atoms with E-state index in [1.54, 1.807) is 0 Å². The van der Waals surface area contributed by atoms with Crippen LogP contribution in [0.25, 0.3) is 22.8 Å². The molecule has 398 valence electrons. The second-order valence-electron chi connectivity index (χ2n) is 27.0. The van der Waals surface area contributed by atoms with Crippen LogP contribution in [0, 0.1) is 62.6 Å². The van der Waals surface area contributed by atoms with Gasteiger partial charge in [-0.3, -0.25) is 9.59 Å². The number of H-pyrrole nitrogens is 1. The van der Waals surface area contributed by atoms with Gasteiger partial charge in [-0.25, -0.2) is 14.6 Å². The first-order valence-corrected chi connectivity index (χ1v) is 28.0. The zero-order valence-corrected chi connectivity index (χ0v) is 48.5. The molecule has 2 aromatic carbocycles. The minimum atomic E-state index is -0.838. The van der Waals surface area contributed by atoms with Crippen molar-refractivity contribution in [3.63, 3.8) is 0 Å². The molecule has 2 amide bonds. The number of allylic oxidation sites excluding steroid dienone is 1. The van der Waals surface area contributed by atoms with E-state index in [4.69, 9.17) is 14.5 Å². The van der Waals surface area contributed by atoms with Crippen molar-refractivity contribution in [2.24, 2.45) is 67.6 Å². The summed E-state index contributed by atoms with van der Waals surface area (Å²) in [5, 5.41) is 5.73. The number of anilines is 1. The zero-order valence-electron chi connectivity index (χ0n) is 47.7. The van der Waals surface area contributed by atoms with Crippen molar-refractivity contribution in [2.75, 3.05) is 11.6 Å². The molecule has 0 radical (unpaired) electrons. The van der Waals surface area contributed by atoms with Crippen molar-refractivity contribution in [3.8, 4) is 11.1 Å². The van der Waals surface area contributed by atoms with Gasteiger partial charge >= 0.3 is 11.9 Å². The molecule has 2 saturated carbocycles. The fourth-order valence-corrected chi connectivity index (χ4v) is 11.7. The average Bonchev–Trinajstić information content (AvgIpc) is 3.82. The molecular formula is C62H88N4O6S. The van der Waals surface area contributed by atoms with Gasteiger partial charge in [-0.1, -0.05) is 178 Å². The molecule has 2 aliphatic carbocycles. The van der Waals surface area contributed by atoms with Crippen LogP contribution in [-0.4, -0.2) is 58.3 Å². The summed E-state index contributed by atoms with van der Waals surface area (Å²) >= 11 is 1.40. The van der Waals surface area contributed by atoms with E-state index in [0.717, 1.165) is 25.7 Å². The van der Waals surface area contributed by atoms with Gasteiger partial charge in [0.05, 0.1) is 16.6 Å². The van der Waals surface area contributed by atoms with E-state index < -0.39 is 34.8 Å². The molecule has 6 rings (SSSR count). The predicted octanol–water partition coefficient (Wildman–Crippen LogP) is 14.7. The standard InChI is InChI=1S/C62H88N4O6S/c1-35-30-40(58(4,5)6)50(41(31-35)59(7,8)9)71-55(68)48-46(38-26-22-20-23-27-38)44(63-52(48)65-54(67)37(3)73-19)34-45-47(39-28-24-21-25-29-39)49(53(64-45)66-57(70)62(16,17)18)56(69)72-51-42(60(10,11)12)32-36(2)33-43(51)61(13,14)15/h20-29,34-37,40-43,50-51,63H,30-33H2,1-19H3,(H,65,67)(H,64,66,70). The summed E-state index contributed by atoms with van der Waals surface area (Å²) in [5.41, 5.74) is 2.00. The smallest absolute Gasteiger partial charge is 0.342 e. The van der Waals surface area contributed by atoms with Crippen LogP contribution in [-0.2, 0) is 23.9 Å². The Morgan fingerprint density at radius 2 is 1.07 bits per heavy atom. The number of rotatable bonds is 10. The van der Waals surface area contributed by atoms with Gasteiger partial charge in [0.2, 0.25) is 11.8 Å². The highest BCUT2D eigenvalue weighted by atomic mass is 32.2. The summed E-state index contributed by atoms with van der Waals surface area (Å²) in [5.74, 6) is -0.280. The second kappa shape index (κ2) is 21.8. The highest BCUT2D eigenvalue weighted by molar-refractivity contribution is 7.99. The van der Waals surface area contributed by atoms with E-state index in [1.165, 1.54) is 11.8 Å². The van der Waals surface area contributed by atoms with Crippen molar-refractivity contribution in [2.45, 2.75) is 168 Å². The summed E-state index contributed by atoms with van der Waals surface area (Å²) in [4.78, 5) is 67.9. The fraction of sp³-hybridized carbons (Fsp3) is 0.597. The molecule has 1 aromatic heterocycles. The average molecular weight is 1020 g/mol. The quantitative estimate of drug-likeness (QED) is 0.172. The Labute approximate surface area is 442 Å². The van der Waals surface area contributed by atoms with E-state index in [2.05, 4.69) is 113 Å². The fourth-order valence-electron chi connectivity index (χ4n) is 11.5. The van der Waals surface area contributed by atoms with Gasteiger partial charge in [-0.05, 0) is 89.6 Å². The number of aromatic amines is 1. The third-order valence-electron chi connectivity index (χ3n) is 15.8. The molecule has 0 saturated heterocycles. The lowest BCUT2D eigenvalue weighted by Crippen LogP contribution is -2.50. The number of carbonyl (C=O) groups excluding carboxylic acids is 4. The summed E-state index contributed by atoms with van der Waals surface area (Å²) in [6.07, 6.45) is 6.51. The Morgan fingerprint density at radius 1 is 0.644 bits per heavy atom. The van der Waals surface area contributed by atoms with Gasteiger partial charge in [-0.2, -0.15) is 11.8 Å². The Kier molecular flexibility index (Phi) is 17.1. The van der Waals surface area contributed by atoms with E-state index in [9.17, 15) is 9.59 Å². The molecule has 0 spiro atoms. The van der Waals surface area contributed by atoms with Crippen LogP contribution in [0.4, 0.5) is 5.82 Å². The number of ether oxygens (including phenoxy) is 2. The molecule has 73 heavy (non-hydrogen) atoms. The first-order valence-electron chi connectivity index (χ1n) is 26.7. The molecule has 2 heterocycles. The van der Waals surface area contributed by atoms with Gasteiger partial charge in [-0.15, -0.1) is 0 Å². The van der Waals surface area contributed by atoms with Crippen LogP contribution in [0.5, 0.6) is 0 Å². The maximum atomic E-state index is 15.6. The number of esters is 2. The minimum Gasteiger partial charge on any atom is -0.458 e. The molecule has 10 nitrogen and oxygen atoms in total. The molecule has 0 bridgehead atoms. The number of amidine groups is 1. The number of aromatic nitrogens is 1. The van der Waals surface area contributed by atoms with Gasteiger partial charge < -0.3 is 25.1 Å². The SMILES string of the molecule is CSC(C)C(=O)Nc1[nH]c(C=C2N=C(NC(=O)C(C)(C)C)C(C(=O)OC3C(C(C)(C)C)CC(C)CC3C(C)(C)C)=C2c2ccccc2)c(-c2ccccc2)c1C(=O)OC1C(C(C)(C)C)CC(C)CC1C(C)(C)C. The lowest BCUT2D eigenvalue weighted by atomic mass is 9.59. The number of nitrogens with one attached hydrogen (secondary N) is 3. The van der Waals surface area contributed by atoms with E-state index >= 15 is 9.59 Å². The Hall–Kier alpha value is -4.90. The Morgan fingerprint density at radius 3 is 1.48 bits per heavy atom. The number of nitrogens with zero attached hydrogens (tertiary/aromatic N) is 1. The summed E-state index contributed by atoms with van der Waals surface area (Å²) in [6.45, 7) is 38.6. The number of thioether (sulfide) groups is 1. The van der Waals surface area contributed by atoms with E-state index in [-0.39, 0.29) is 79.9 Å². The van der Waals surface area contributed by atoms with E-state index in [1.807, 2.05) is 101 Å². The molecule has 5 unspecified atom stereocenters. The molecule has 5 atom stereocenters. The van der Waals surface area contributed by atoms with Gasteiger partial charge in [0.15, 0.2) is 0 Å².